The molecule has 1 aromatic rings. The van der Waals surface area contributed by atoms with Gasteiger partial charge in [-0.2, -0.15) is 4.98 Å². The molecule has 2 saturated heterocycles. The first kappa shape index (κ1) is 21.4. The highest BCUT2D eigenvalue weighted by molar-refractivity contribution is 8.00. The standard InChI is InChI=1S/C16H19N5O8S/c1-7(22)29-5-16(14(25)26)4-21-12(24)10(13(21)30-6-16)19-11(23)9(20-27-2)8-3-28-15(17)18-8/h3,10,13H,4-6H2,1-2H3,(H2,17,18)(H,19,23)(H,25,26)/t10?,13-,16?/m1/s1. The van der Waals surface area contributed by atoms with Crippen molar-refractivity contribution in [3.05, 3.63) is 12.0 Å². The van der Waals surface area contributed by atoms with Gasteiger partial charge in [0.1, 0.15) is 42.5 Å². The molecule has 0 spiro atoms. The Balaban J connectivity index is 1.69. The lowest BCUT2D eigenvalue weighted by Crippen LogP contribution is -2.74. The van der Waals surface area contributed by atoms with E-state index in [-0.39, 0.29) is 36.3 Å². The maximum absolute atomic E-state index is 12.6. The first-order chi connectivity index (χ1) is 14.2. The molecule has 162 valence electrons. The number of oxazole rings is 1. The number of carboxylic acids is 1. The van der Waals surface area contributed by atoms with Crippen molar-refractivity contribution in [1.29, 1.82) is 0 Å². The molecule has 3 atom stereocenters. The zero-order chi connectivity index (χ0) is 22.1. The van der Waals surface area contributed by atoms with Gasteiger partial charge in [0.05, 0.1) is 0 Å². The van der Waals surface area contributed by atoms with Gasteiger partial charge in [-0.25, -0.2) is 0 Å². The number of fused-ring (bicyclic) bond motifs is 1. The molecule has 2 aliphatic heterocycles. The average molecular weight is 441 g/mol. The number of β-lactam (4-membered cyclic amide) rings is 1. The number of ether oxygens (including phenoxy) is 1. The van der Waals surface area contributed by atoms with Gasteiger partial charge in [-0.1, -0.05) is 5.16 Å². The van der Waals surface area contributed by atoms with Gasteiger partial charge < -0.3 is 35.0 Å². The van der Waals surface area contributed by atoms with Gasteiger partial charge in [-0.15, -0.1) is 11.8 Å². The Kier molecular flexibility index (Phi) is 5.87. The van der Waals surface area contributed by atoms with E-state index in [1.807, 2.05) is 0 Å². The zero-order valence-corrected chi connectivity index (χ0v) is 16.8. The van der Waals surface area contributed by atoms with Gasteiger partial charge in [0.2, 0.25) is 5.91 Å². The third-order valence-electron chi connectivity index (χ3n) is 4.60. The lowest BCUT2D eigenvalue weighted by molar-refractivity contribution is -0.164. The number of esters is 1. The van der Waals surface area contributed by atoms with Crippen LogP contribution < -0.4 is 11.1 Å². The molecule has 0 aromatic carbocycles. The van der Waals surface area contributed by atoms with E-state index in [0.717, 1.165) is 6.26 Å². The average Bonchev–Trinajstić information content (AvgIpc) is 3.13. The number of aliphatic carboxylic acids is 1. The summed E-state index contributed by atoms with van der Waals surface area (Å²) in [6.45, 7) is 0.685. The number of carbonyl (C=O) groups is 4. The number of nitrogens with two attached hydrogens (primary N) is 1. The number of carbonyl (C=O) groups excluding carboxylic acids is 3. The van der Waals surface area contributed by atoms with E-state index in [4.69, 9.17) is 14.9 Å². The summed E-state index contributed by atoms with van der Waals surface area (Å²) in [7, 11) is 1.23. The van der Waals surface area contributed by atoms with Crippen LogP contribution in [-0.4, -0.2) is 81.9 Å². The van der Waals surface area contributed by atoms with Gasteiger partial charge in [0.25, 0.3) is 11.9 Å². The van der Waals surface area contributed by atoms with E-state index in [0.29, 0.717) is 0 Å². The maximum Gasteiger partial charge on any atom is 0.315 e. The highest BCUT2D eigenvalue weighted by Crippen LogP contribution is 2.42. The van der Waals surface area contributed by atoms with Crippen molar-refractivity contribution >= 4 is 47.2 Å². The third-order valence-corrected chi connectivity index (χ3v) is 6.19. The molecule has 14 heteroatoms. The SMILES string of the molecule is CON=C(C(=O)NC1C(=O)N2CC(COC(C)=O)(C(=O)O)CS[C@H]12)c1coc(N)n1. The number of rotatable bonds is 7. The summed E-state index contributed by atoms with van der Waals surface area (Å²) in [4.78, 5) is 57.8. The maximum atomic E-state index is 12.6. The number of nitrogen functional groups attached to an aromatic ring is 1. The number of oxime groups is 1. The summed E-state index contributed by atoms with van der Waals surface area (Å²) in [6, 6.07) is -1.07. The summed E-state index contributed by atoms with van der Waals surface area (Å²) in [5.74, 6) is -2.89. The van der Waals surface area contributed by atoms with E-state index >= 15 is 0 Å². The molecule has 3 rings (SSSR count). The Hall–Kier alpha value is -3.29. The highest BCUT2D eigenvalue weighted by Gasteiger charge is 2.58. The van der Waals surface area contributed by atoms with Crippen LogP contribution in [0.4, 0.5) is 6.01 Å². The van der Waals surface area contributed by atoms with Crippen LogP contribution in [0.5, 0.6) is 0 Å². The van der Waals surface area contributed by atoms with E-state index in [9.17, 15) is 24.3 Å². The molecule has 1 aromatic heterocycles. The predicted octanol–water partition coefficient (Wildman–Crippen LogP) is -1.36. The van der Waals surface area contributed by atoms with Crippen LogP contribution in [0.25, 0.3) is 0 Å². The molecule has 2 fully saturated rings. The number of hydrogen-bond acceptors (Lipinski definition) is 11. The smallest absolute Gasteiger partial charge is 0.315 e. The number of hydrogen-bond donors (Lipinski definition) is 3. The second kappa shape index (κ2) is 8.22. The van der Waals surface area contributed by atoms with Gasteiger partial charge in [-0.3, -0.25) is 19.2 Å². The van der Waals surface area contributed by atoms with Crippen LogP contribution in [0.2, 0.25) is 0 Å². The van der Waals surface area contributed by atoms with Crippen LogP contribution in [0.15, 0.2) is 15.8 Å². The largest absolute Gasteiger partial charge is 0.481 e. The Labute approximate surface area is 173 Å². The highest BCUT2D eigenvalue weighted by atomic mass is 32.2. The van der Waals surface area contributed by atoms with Gasteiger partial charge in [0.15, 0.2) is 5.71 Å². The normalized spacial score (nSPS) is 25.7. The van der Waals surface area contributed by atoms with Crippen molar-refractivity contribution in [1.82, 2.24) is 15.2 Å². The Bertz CT molecular complexity index is 917. The van der Waals surface area contributed by atoms with E-state index in [1.54, 1.807) is 0 Å². The quantitative estimate of drug-likeness (QED) is 0.196. The summed E-state index contributed by atoms with van der Waals surface area (Å²) in [6.07, 6.45) is 1.12. The molecule has 2 aliphatic rings. The Morgan fingerprint density at radius 3 is 2.83 bits per heavy atom. The second-order valence-electron chi connectivity index (χ2n) is 6.68. The number of carboxylic acid groups (broad SMARTS) is 1. The summed E-state index contributed by atoms with van der Waals surface area (Å²) in [5, 5.41) is 15.3. The van der Waals surface area contributed by atoms with Crippen molar-refractivity contribution < 1.29 is 38.3 Å². The van der Waals surface area contributed by atoms with Gasteiger partial charge in [0, 0.05) is 19.2 Å². The number of anilines is 1. The fourth-order valence-electron chi connectivity index (χ4n) is 3.05. The fraction of sp³-hybridized carbons (Fsp3) is 0.500. The molecule has 30 heavy (non-hydrogen) atoms. The summed E-state index contributed by atoms with van der Waals surface area (Å²) >= 11 is 1.17. The van der Waals surface area contributed by atoms with Crippen LogP contribution in [0.3, 0.4) is 0 Å². The third kappa shape index (κ3) is 3.90. The fourth-order valence-corrected chi connectivity index (χ4v) is 4.57. The number of thioether (sulfide) groups is 1. The molecule has 3 heterocycles. The summed E-state index contributed by atoms with van der Waals surface area (Å²) in [5.41, 5.74) is 3.78. The molecule has 2 unspecified atom stereocenters. The predicted molar refractivity (Wildman–Crippen MR) is 101 cm³/mol. The Morgan fingerprint density at radius 1 is 1.53 bits per heavy atom. The first-order valence-corrected chi connectivity index (χ1v) is 9.65. The summed E-state index contributed by atoms with van der Waals surface area (Å²) < 4.78 is 9.75. The molecule has 0 saturated carbocycles. The van der Waals surface area contributed by atoms with Gasteiger partial charge in [-0.05, 0) is 0 Å². The van der Waals surface area contributed by atoms with Crippen LogP contribution >= 0.6 is 11.8 Å². The van der Waals surface area contributed by atoms with Crippen LogP contribution in [0, 0.1) is 5.41 Å². The molecule has 2 amide bonds. The van der Waals surface area contributed by atoms with Crippen LogP contribution in [-0.2, 0) is 28.8 Å². The topological polar surface area (TPSA) is 187 Å². The van der Waals surface area contributed by atoms with Crippen molar-refractivity contribution in [2.24, 2.45) is 10.6 Å². The van der Waals surface area contributed by atoms with Crippen molar-refractivity contribution in [2.75, 3.05) is 31.7 Å². The number of amides is 2. The first-order valence-electron chi connectivity index (χ1n) is 8.61. The monoisotopic (exact) mass is 441 g/mol. The zero-order valence-electron chi connectivity index (χ0n) is 16.0. The minimum absolute atomic E-state index is 0.0260. The molecule has 0 aliphatic carbocycles. The van der Waals surface area contributed by atoms with Gasteiger partial charge >= 0.3 is 11.9 Å². The van der Waals surface area contributed by atoms with E-state index in [2.05, 4.69) is 20.3 Å². The Morgan fingerprint density at radius 2 is 2.27 bits per heavy atom. The minimum atomic E-state index is -1.42. The van der Waals surface area contributed by atoms with Crippen molar-refractivity contribution in [2.45, 2.75) is 18.3 Å². The molecule has 0 radical (unpaired) electrons. The molecule has 4 N–H and O–H groups in total. The number of nitrogens with zero attached hydrogens (tertiary/aromatic N) is 3. The minimum Gasteiger partial charge on any atom is -0.481 e. The van der Waals surface area contributed by atoms with Crippen molar-refractivity contribution in [3.63, 3.8) is 0 Å². The van der Waals surface area contributed by atoms with Crippen molar-refractivity contribution in [3.8, 4) is 0 Å². The second-order valence-corrected chi connectivity index (χ2v) is 7.78. The lowest BCUT2D eigenvalue weighted by Gasteiger charge is -2.53. The number of aromatic nitrogens is 1. The lowest BCUT2D eigenvalue weighted by atomic mass is 9.88. The molecular formula is C16H19N5O8S. The van der Waals surface area contributed by atoms with E-state index in [1.165, 1.54) is 30.7 Å². The van der Waals surface area contributed by atoms with Crippen LogP contribution in [0.1, 0.15) is 12.6 Å². The van der Waals surface area contributed by atoms with E-state index < -0.39 is 40.6 Å². The molecule has 0 bridgehead atoms. The molecule has 13 nitrogen and oxygen atoms in total. The number of nitrogens with one attached hydrogen (secondary N) is 1. The molecular weight excluding hydrogens is 422 g/mol.